The molecule has 0 radical (unpaired) electrons. The van der Waals surface area contributed by atoms with Crippen molar-refractivity contribution >= 4 is 23.2 Å². The molecule has 3 aromatic rings. The molecule has 0 saturated heterocycles. The molecule has 0 saturated carbocycles. The number of carbonyl (C=O) groups is 2. The molecule has 0 aliphatic heterocycles. The van der Waals surface area contributed by atoms with E-state index in [9.17, 15) is 18.4 Å². The van der Waals surface area contributed by atoms with Crippen molar-refractivity contribution in [3.05, 3.63) is 89.5 Å². The molecule has 2 amide bonds. The largest absolute Gasteiger partial charge is 0.495 e. The summed E-state index contributed by atoms with van der Waals surface area (Å²) in [6, 6.07) is 16.0. The van der Waals surface area contributed by atoms with Crippen molar-refractivity contribution in [2.45, 2.75) is 0 Å². The highest BCUT2D eigenvalue weighted by atomic mass is 19.2. The Labute approximate surface area is 160 Å². The number of methoxy groups -OCH3 is 1. The fourth-order valence-electron chi connectivity index (χ4n) is 2.49. The van der Waals surface area contributed by atoms with Crippen LogP contribution in [0.25, 0.3) is 0 Å². The van der Waals surface area contributed by atoms with Gasteiger partial charge in [-0.05, 0) is 54.6 Å². The van der Waals surface area contributed by atoms with Crippen LogP contribution < -0.4 is 15.4 Å². The standard InChI is InChI=1S/C21H16F2N2O3/c1-28-19-5-3-2-4-18(19)25-20(26)13-6-9-15(10-7-13)24-21(27)14-8-11-16(22)17(23)12-14/h2-12H,1H3,(H,24,27)(H,25,26). The molecule has 0 atom stereocenters. The van der Waals surface area contributed by atoms with Crippen LogP contribution in [0.1, 0.15) is 20.7 Å². The van der Waals surface area contributed by atoms with Gasteiger partial charge < -0.3 is 15.4 Å². The minimum Gasteiger partial charge on any atom is -0.495 e. The van der Waals surface area contributed by atoms with Crippen LogP contribution >= 0.6 is 0 Å². The van der Waals surface area contributed by atoms with Gasteiger partial charge in [0.2, 0.25) is 0 Å². The molecule has 3 rings (SSSR count). The highest BCUT2D eigenvalue weighted by Crippen LogP contribution is 2.24. The maximum absolute atomic E-state index is 13.2. The van der Waals surface area contributed by atoms with Crippen molar-refractivity contribution < 1.29 is 23.1 Å². The zero-order valence-corrected chi connectivity index (χ0v) is 14.8. The van der Waals surface area contributed by atoms with Gasteiger partial charge in [0.1, 0.15) is 5.75 Å². The zero-order chi connectivity index (χ0) is 20.1. The number of ether oxygens (including phenoxy) is 1. The summed E-state index contributed by atoms with van der Waals surface area (Å²) in [7, 11) is 1.51. The first-order chi connectivity index (χ1) is 13.5. The number of hydrogen-bond donors (Lipinski definition) is 2. The molecule has 2 N–H and O–H groups in total. The molecule has 0 heterocycles. The number of nitrogens with one attached hydrogen (secondary N) is 2. The van der Waals surface area contributed by atoms with E-state index in [1.54, 1.807) is 24.3 Å². The second-order valence-corrected chi connectivity index (χ2v) is 5.81. The third-order valence-electron chi connectivity index (χ3n) is 3.94. The van der Waals surface area contributed by atoms with Crippen LogP contribution in [0.15, 0.2) is 66.7 Å². The summed E-state index contributed by atoms with van der Waals surface area (Å²) in [5.41, 5.74) is 1.29. The summed E-state index contributed by atoms with van der Waals surface area (Å²) in [6.07, 6.45) is 0. The van der Waals surface area contributed by atoms with Crippen LogP contribution in [-0.4, -0.2) is 18.9 Å². The molecule has 0 fully saturated rings. The number of rotatable bonds is 5. The molecule has 0 spiro atoms. The van der Waals surface area contributed by atoms with Gasteiger partial charge in [0.05, 0.1) is 12.8 Å². The summed E-state index contributed by atoms with van der Waals surface area (Å²) in [6.45, 7) is 0. The second kappa shape index (κ2) is 8.30. The van der Waals surface area contributed by atoms with Gasteiger partial charge in [0.15, 0.2) is 11.6 Å². The lowest BCUT2D eigenvalue weighted by molar-refractivity contribution is 0.101. The SMILES string of the molecule is COc1ccccc1NC(=O)c1ccc(NC(=O)c2ccc(F)c(F)c2)cc1. The molecule has 0 aromatic heterocycles. The van der Waals surface area contributed by atoms with Gasteiger partial charge in [-0.15, -0.1) is 0 Å². The quantitative estimate of drug-likeness (QED) is 0.684. The summed E-state index contributed by atoms with van der Waals surface area (Å²) >= 11 is 0. The molecule has 28 heavy (non-hydrogen) atoms. The number of carbonyl (C=O) groups excluding carboxylic acids is 2. The molecule has 142 valence electrons. The van der Waals surface area contributed by atoms with Gasteiger partial charge in [0, 0.05) is 16.8 Å². The number of halogens is 2. The lowest BCUT2D eigenvalue weighted by Gasteiger charge is -2.10. The molecule has 3 aromatic carbocycles. The van der Waals surface area contributed by atoms with Crippen LogP contribution in [0.3, 0.4) is 0 Å². The summed E-state index contributed by atoms with van der Waals surface area (Å²) < 4.78 is 31.4. The van der Waals surface area contributed by atoms with Gasteiger partial charge >= 0.3 is 0 Å². The maximum Gasteiger partial charge on any atom is 0.255 e. The predicted octanol–water partition coefficient (Wildman–Crippen LogP) is 4.48. The van der Waals surface area contributed by atoms with Gasteiger partial charge in [0.25, 0.3) is 11.8 Å². The lowest BCUT2D eigenvalue weighted by Crippen LogP contribution is -2.14. The Morgan fingerprint density at radius 2 is 1.43 bits per heavy atom. The number of anilines is 2. The Kier molecular flexibility index (Phi) is 5.64. The Morgan fingerprint density at radius 3 is 2.11 bits per heavy atom. The number of amides is 2. The first kappa shape index (κ1) is 19.0. The van der Waals surface area contributed by atoms with Crippen molar-refractivity contribution in [2.75, 3.05) is 17.7 Å². The van der Waals surface area contributed by atoms with E-state index in [4.69, 9.17) is 4.74 Å². The Bertz CT molecular complexity index is 1020. The average Bonchev–Trinajstić information content (AvgIpc) is 2.71. The molecule has 0 aliphatic rings. The molecular weight excluding hydrogens is 366 g/mol. The topological polar surface area (TPSA) is 67.4 Å². The number of hydrogen-bond acceptors (Lipinski definition) is 3. The van der Waals surface area contributed by atoms with E-state index in [1.807, 2.05) is 0 Å². The van der Waals surface area contributed by atoms with E-state index in [-0.39, 0.29) is 11.5 Å². The van der Waals surface area contributed by atoms with Gasteiger partial charge in [-0.2, -0.15) is 0 Å². The van der Waals surface area contributed by atoms with E-state index in [0.29, 0.717) is 22.7 Å². The number of para-hydroxylation sites is 2. The van der Waals surface area contributed by atoms with Crippen molar-refractivity contribution in [2.24, 2.45) is 0 Å². The van der Waals surface area contributed by atoms with Crippen LogP contribution in [0, 0.1) is 11.6 Å². The van der Waals surface area contributed by atoms with Gasteiger partial charge in [-0.25, -0.2) is 8.78 Å². The van der Waals surface area contributed by atoms with Crippen LogP contribution in [0.4, 0.5) is 20.2 Å². The minimum absolute atomic E-state index is 0.0168. The highest BCUT2D eigenvalue weighted by Gasteiger charge is 2.12. The van der Waals surface area contributed by atoms with E-state index in [0.717, 1.165) is 12.1 Å². The monoisotopic (exact) mass is 382 g/mol. The number of benzene rings is 3. The fraction of sp³-hybridized carbons (Fsp3) is 0.0476. The normalized spacial score (nSPS) is 10.2. The average molecular weight is 382 g/mol. The van der Waals surface area contributed by atoms with Crippen molar-refractivity contribution in [3.8, 4) is 5.75 Å². The van der Waals surface area contributed by atoms with Crippen LogP contribution in [0.2, 0.25) is 0 Å². The van der Waals surface area contributed by atoms with E-state index < -0.39 is 17.5 Å². The fourth-order valence-corrected chi connectivity index (χ4v) is 2.49. The third kappa shape index (κ3) is 4.32. The summed E-state index contributed by atoms with van der Waals surface area (Å²) in [5.74, 6) is -2.53. The summed E-state index contributed by atoms with van der Waals surface area (Å²) in [5, 5.41) is 5.31. The molecule has 7 heteroatoms. The first-order valence-corrected chi connectivity index (χ1v) is 8.29. The summed E-state index contributed by atoms with van der Waals surface area (Å²) in [4.78, 5) is 24.5. The molecule has 5 nitrogen and oxygen atoms in total. The van der Waals surface area contributed by atoms with Crippen molar-refractivity contribution in [3.63, 3.8) is 0 Å². The van der Waals surface area contributed by atoms with E-state index >= 15 is 0 Å². The van der Waals surface area contributed by atoms with E-state index in [1.165, 1.54) is 37.4 Å². The first-order valence-electron chi connectivity index (χ1n) is 8.29. The lowest BCUT2D eigenvalue weighted by atomic mass is 10.1. The predicted molar refractivity (Wildman–Crippen MR) is 102 cm³/mol. The molecule has 0 bridgehead atoms. The minimum atomic E-state index is -1.10. The second-order valence-electron chi connectivity index (χ2n) is 5.81. The van der Waals surface area contributed by atoms with Gasteiger partial charge in [-0.3, -0.25) is 9.59 Å². The Balaban J connectivity index is 1.68. The van der Waals surface area contributed by atoms with E-state index in [2.05, 4.69) is 10.6 Å². The molecule has 0 aliphatic carbocycles. The highest BCUT2D eigenvalue weighted by molar-refractivity contribution is 6.06. The van der Waals surface area contributed by atoms with Gasteiger partial charge in [-0.1, -0.05) is 12.1 Å². The Hall–Kier alpha value is -3.74. The van der Waals surface area contributed by atoms with Crippen molar-refractivity contribution in [1.82, 2.24) is 0 Å². The maximum atomic E-state index is 13.2. The smallest absolute Gasteiger partial charge is 0.255 e. The third-order valence-corrected chi connectivity index (χ3v) is 3.94. The van der Waals surface area contributed by atoms with Crippen LogP contribution in [0.5, 0.6) is 5.75 Å². The zero-order valence-electron chi connectivity index (χ0n) is 14.8. The molecule has 0 unspecified atom stereocenters. The Morgan fingerprint density at radius 1 is 0.786 bits per heavy atom. The van der Waals surface area contributed by atoms with Crippen LogP contribution in [-0.2, 0) is 0 Å². The van der Waals surface area contributed by atoms with Crippen molar-refractivity contribution in [1.29, 1.82) is 0 Å². The molecular formula is C21H16F2N2O3.